The number of unbranched alkanes of at least 4 members (excludes halogenated alkanes) is 1. The van der Waals surface area contributed by atoms with Crippen molar-refractivity contribution in [2.24, 2.45) is 5.73 Å². The van der Waals surface area contributed by atoms with Gasteiger partial charge in [0.2, 0.25) is 0 Å². The quantitative estimate of drug-likeness (QED) is 0.294. The number of hydrogen-bond acceptors (Lipinski definition) is 9. The summed E-state index contributed by atoms with van der Waals surface area (Å²) in [6.07, 6.45) is 1.42. The fraction of sp³-hybridized carbons (Fsp3) is 0.667. The molecule has 1 unspecified atom stereocenters. The highest BCUT2D eigenvalue weighted by Gasteiger charge is 2.47. The molecule has 1 saturated heterocycles. The number of nitrogens with two attached hydrogens (primary N) is 2. The van der Waals surface area contributed by atoms with Gasteiger partial charge in [0.15, 0.2) is 17.7 Å². The predicted molar refractivity (Wildman–Crippen MR) is 113 cm³/mol. The van der Waals surface area contributed by atoms with Crippen LogP contribution in [0.2, 0.25) is 0 Å². The first-order valence-electron chi connectivity index (χ1n) is 9.90. The molecular weight excluding hydrogens is 412 g/mol. The maximum absolute atomic E-state index is 11.0. The first kappa shape index (κ1) is 22.7. The number of aliphatic hydroxyl groups excluding tert-OH is 2. The van der Waals surface area contributed by atoms with Gasteiger partial charge in [-0.1, -0.05) is 13.3 Å². The third-order valence-corrected chi connectivity index (χ3v) is 7.70. The average Bonchev–Trinajstić information content (AvgIpc) is 3.26. The highest BCUT2D eigenvalue weighted by molar-refractivity contribution is 7.96. The highest BCUT2D eigenvalue weighted by atomic mass is 32.2. The van der Waals surface area contributed by atoms with Crippen LogP contribution in [0.1, 0.15) is 32.4 Å². The molecule has 2 aromatic heterocycles. The molecule has 30 heavy (non-hydrogen) atoms. The molecule has 1 aliphatic rings. The Labute approximate surface area is 176 Å². The molecule has 0 saturated carbocycles. The van der Waals surface area contributed by atoms with Crippen LogP contribution in [0.4, 0.5) is 5.82 Å². The van der Waals surface area contributed by atoms with E-state index in [0.717, 1.165) is 18.6 Å². The van der Waals surface area contributed by atoms with E-state index in [1.807, 2.05) is 0 Å². The lowest BCUT2D eigenvalue weighted by Crippen LogP contribution is -2.38. The summed E-state index contributed by atoms with van der Waals surface area (Å²) in [6.45, 7) is 2.09. The van der Waals surface area contributed by atoms with Crippen molar-refractivity contribution in [3.63, 3.8) is 0 Å². The third kappa shape index (κ3) is 4.83. The number of carboxylic acid groups (broad SMARTS) is 1. The number of aliphatic carboxylic acids is 1. The summed E-state index contributed by atoms with van der Waals surface area (Å²) < 4.78 is 7.57. The second-order valence-electron chi connectivity index (χ2n) is 7.40. The molecule has 6 atom stereocenters. The van der Waals surface area contributed by atoms with Crippen molar-refractivity contribution in [1.82, 2.24) is 19.5 Å². The smallest absolute Gasteiger partial charge is 0.320 e. The van der Waals surface area contributed by atoms with E-state index < -0.39 is 36.6 Å². The normalized spacial score (nSPS) is 26.1. The Morgan fingerprint density at radius 2 is 2.07 bits per heavy atom. The molecule has 11 nitrogen and oxygen atoms in total. The molecule has 3 heterocycles. The molecule has 166 valence electrons. The van der Waals surface area contributed by atoms with Crippen LogP contribution in [0.15, 0.2) is 12.7 Å². The molecule has 0 aromatic carbocycles. The van der Waals surface area contributed by atoms with E-state index in [9.17, 15) is 15.0 Å². The largest absolute Gasteiger partial charge is 0.480 e. The van der Waals surface area contributed by atoms with Crippen LogP contribution in [-0.2, 0) is 20.4 Å². The lowest BCUT2D eigenvalue weighted by atomic mass is 10.1. The monoisotopic (exact) mass is 441 g/mol. The van der Waals surface area contributed by atoms with Gasteiger partial charge in [0, 0.05) is 6.42 Å². The van der Waals surface area contributed by atoms with Crippen LogP contribution in [0.25, 0.3) is 11.2 Å². The van der Waals surface area contributed by atoms with Gasteiger partial charge >= 0.3 is 5.97 Å². The van der Waals surface area contributed by atoms with E-state index in [1.165, 1.54) is 12.7 Å². The van der Waals surface area contributed by atoms with E-state index in [1.54, 1.807) is 4.57 Å². The zero-order valence-electron chi connectivity index (χ0n) is 16.8. The number of hydrogen-bond donors (Lipinski definition) is 5. The molecule has 3 rings (SSSR count). The lowest BCUT2D eigenvalue weighted by molar-refractivity contribution is -0.138. The fourth-order valence-electron chi connectivity index (χ4n) is 3.42. The first-order valence-corrected chi connectivity index (χ1v) is 11.6. The van der Waals surface area contributed by atoms with Gasteiger partial charge in [-0.3, -0.25) is 9.36 Å². The summed E-state index contributed by atoms with van der Waals surface area (Å²) in [5, 5.41) is 30.3. The second kappa shape index (κ2) is 9.88. The minimum atomic E-state index is -1.17. The SMILES string of the molecule is CCCC[S+](CC[C@H](N)C(=O)O)C[C@H]1O[C@@H](n2cnc3c(N)ncnc32)[C@H](O)[C@@H]1O. The Bertz CT molecular complexity index is 867. The van der Waals surface area contributed by atoms with Crippen molar-refractivity contribution in [2.75, 3.05) is 23.0 Å². The number of nitrogens with zero attached hydrogens (tertiary/aromatic N) is 4. The number of anilines is 1. The summed E-state index contributed by atoms with van der Waals surface area (Å²) in [4.78, 5) is 23.3. The Balaban J connectivity index is 1.72. The van der Waals surface area contributed by atoms with E-state index in [-0.39, 0.29) is 16.7 Å². The number of nitrogen functional groups attached to an aromatic ring is 1. The maximum atomic E-state index is 11.0. The van der Waals surface area contributed by atoms with Crippen molar-refractivity contribution < 1.29 is 24.9 Å². The summed E-state index contributed by atoms with van der Waals surface area (Å²) in [5.41, 5.74) is 12.3. The van der Waals surface area contributed by atoms with Gasteiger partial charge in [-0.25, -0.2) is 15.0 Å². The van der Waals surface area contributed by atoms with Crippen molar-refractivity contribution in [1.29, 1.82) is 0 Å². The lowest BCUT2D eigenvalue weighted by Gasteiger charge is -2.17. The maximum Gasteiger partial charge on any atom is 0.320 e. The molecule has 12 heteroatoms. The minimum Gasteiger partial charge on any atom is -0.480 e. The summed E-state index contributed by atoms with van der Waals surface area (Å²) in [7, 11) is -0.189. The van der Waals surface area contributed by atoms with E-state index in [4.69, 9.17) is 21.3 Å². The van der Waals surface area contributed by atoms with Crippen LogP contribution in [0.3, 0.4) is 0 Å². The van der Waals surface area contributed by atoms with Crippen LogP contribution >= 0.6 is 0 Å². The van der Waals surface area contributed by atoms with Gasteiger partial charge in [0.1, 0.15) is 53.5 Å². The van der Waals surface area contributed by atoms with Crippen molar-refractivity contribution >= 4 is 33.8 Å². The number of fused-ring (bicyclic) bond motifs is 1. The molecule has 2 aromatic rings. The molecule has 1 aliphatic heterocycles. The number of ether oxygens (including phenoxy) is 1. The highest BCUT2D eigenvalue weighted by Crippen LogP contribution is 2.33. The number of carboxylic acids is 1. The van der Waals surface area contributed by atoms with E-state index in [0.29, 0.717) is 29.1 Å². The number of rotatable bonds is 10. The van der Waals surface area contributed by atoms with Crippen molar-refractivity contribution in [3.05, 3.63) is 12.7 Å². The summed E-state index contributed by atoms with van der Waals surface area (Å²) in [6, 6.07) is -0.906. The van der Waals surface area contributed by atoms with Crippen LogP contribution in [0, 0.1) is 0 Å². The van der Waals surface area contributed by atoms with Gasteiger partial charge in [0.25, 0.3) is 0 Å². The van der Waals surface area contributed by atoms with Gasteiger partial charge in [-0.15, -0.1) is 0 Å². The topological polar surface area (TPSA) is 183 Å². The molecular formula is C18H29N6O5S+. The summed E-state index contributed by atoms with van der Waals surface area (Å²) >= 11 is 0. The van der Waals surface area contributed by atoms with E-state index in [2.05, 4.69) is 21.9 Å². The Morgan fingerprint density at radius 3 is 2.77 bits per heavy atom. The summed E-state index contributed by atoms with van der Waals surface area (Å²) in [5.74, 6) is 1.26. The zero-order valence-corrected chi connectivity index (χ0v) is 17.6. The van der Waals surface area contributed by atoms with Crippen molar-refractivity contribution in [3.8, 4) is 0 Å². The first-order chi connectivity index (χ1) is 14.3. The molecule has 0 amide bonds. The number of aromatic nitrogens is 4. The number of aliphatic hydroxyl groups is 2. The fourth-order valence-corrected chi connectivity index (χ4v) is 5.98. The Kier molecular flexibility index (Phi) is 7.47. The molecule has 0 aliphatic carbocycles. The predicted octanol–water partition coefficient (Wildman–Crippen LogP) is -0.752. The van der Waals surface area contributed by atoms with Crippen LogP contribution < -0.4 is 11.5 Å². The molecule has 0 spiro atoms. The molecule has 7 N–H and O–H groups in total. The number of carbonyl (C=O) groups is 1. The molecule has 1 fully saturated rings. The second-order valence-corrected chi connectivity index (χ2v) is 9.78. The number of imidazole rings is 1. The minimum absolute atomic E-state index is 0.189. The molecule has 0 radical (unpaired) electrons. The Morgan fingerprint density at radius 1 is 1.30 bits per heavy atom. The van der Waals surface area contributed by atoms with E-state index >= 15 is 0 Å². The molecule has 0 bridgehead atoms. The van der Waals surface area contributed by atoms with Gasteiger partial charge in [0.05, 0.1) is 6.33 Å². The van der Waals surface area contributed by atoms with Crippen LogP contribution in [0.5, 0.6) is 0 Å². The van der Waals surface area contributed by atoms with Gasteiger partial charge < -0.3 is 31.5 Å². The Hall–Kier alpha value is -1.99. The average molecular weight is 442 g/mol. The van der Waals surface area contributed by atoms with Gasteiger partial charge in [-0.2, -0.15) is 0 Å². The third-order valence-electron chi connectivity index (χ3n) is 5.22. The standard InChI is InChI=1S/C18H28N6O5S/c1-2-3-5-30(6-4-10(19)18(27)28)7-11-13(25)14(26)17(29-11)24-9-23-12-15(20)21-8-22-16(12)24/h8-11,13-14,17,25-26H,2-7,19H2,1H3,(H2-,20,21,22,27,28)/p+1/t10-,11+,13+,14+,17+,30?/m0/s1. The van der Waals surface area contributed by atoms with Crippen molar-refractivity contribution in [2.45, 2.75) is 56.8 Å². The van der Waals surface area contributed by atoms with Crippen LogP contribution in [-0.4, -0.2) is 82.4 Å². The van der Waals surface area contributed by atoms with Gasteiger partial charge in [-0.05, 0) is 17.3 Å². The zero-order chi connectivity index (χ0) is 21.8.